The standard InChI is InChI=1S/C86H90BN3/c1-56-50-77-80-78(51-56)89(73-47-40-66(84(11,12)13)54-69(73)58-26-20-17-21-27-58)75-53-61(57-24-18-16-19-25-57)32-44-71(75)87(80)72-45-43-68(55-76(72)88(77)67-41-38-65(39-42-67)83(8,9)10)90-74-46-33-62(52-70(74)85(14)48-22-23-49-86(85,90)15)79(59-28-34-63(35-29-59)81(2,3)4)60-30-36-64(37-31-60)82(5,6)7/h16-21,24-47,50-55,79H,22-23,48-49H2,1-15H3. The lowest BCUT2D eigenvalue weighted by molar-refractivity contribution is 0.195. The molecule has 2 atom stereocenters. The summed E-state index contributed by atoms with van der Waals surface area (Å²) in [6.07, 6.45) is 4.66. The van der Waals surface area contributed by atoms with E-state index in [0.29, 0.717) is 0 Å². The van der Waals surface area contributed by atoms with Crippen molar-refractivity contribution < 1.29 is 0 Å². The summed E-state index contributed by atoms with van der Waals surface area (Å²) in [6, 6.07) is 85.5. The number of aryl methyl sites for hydroxylation is 1. The molecule has 452 valence electrons. The highest BCUT2D eigenvalue weighted by atomic mass is 15.3. The average molecular weight is 1180 g/mol. The van der Waals surface area contributed by atoms with Crippen molar-refractivity contribution in [1.29, 1.82) is 0 Å². The van der Waals surface area contributed by atoms with E-state index in [2.05, 4.69) is 337 Å². The Balaban J connectivity index is 0.987. The number of nitrogens with zero attached hydrogens (tertiary/aromatic N) is 3. The van der Waals surface area contributed by atoms with E-state index in [0.717, 1.165) is 12.8 Å². The van der Waals surface area contributed by atoms with Gasteiger partial charge >= 0.3 is 0 Å². The van der Waals surface area contributed by atoms with Gasteiger partial charge in [-0.25, -0.2) is 0 Å². The highest BCUT2D eigenvalue weighted by Crippen LogP contribution is 2.62. The van der Waals surface area contributed by atoms with Gasteiger partial charge in [0, 0.05) is 56.7 Å². The number of fused-ring (bicyclic) bond motifs is 7. The third kappa shape index (κ3) is 9.85. The van der Waals surface area contributed by atoms with Crippen molar-refractivity contribution in [3.8, 4) is 22.3 Å². The van der Waals surface area contributed by atoms with Gasteiger partial charge in [-0.05, 0) is 192 Å². The Bertz CT molecular complexity index is 4320. The lowest BCUT2D eigenvalue weighted by atomic mass is 9.33. The largest absolute Gasteiger partial charge is 0.334 e. The molecule has 0 saturated heterocycles. The molecule has 14 rings (SSSR count). The normalized spacial score (nSPS) is 17.9. The van der Waals surface area contributed by atoms with Crippen LogP contribution in [0.25, 0.3) is 22.3 Å². The molecule has 3 nitrogen and oxygen atoms in total. The van der Waals surface area contributed by atoms with Crippen molar-refractivity contribution >= 4 is 68.6 Å². The molecule has 0 bridgehead atoms. The smallest absolute Gasteiger partial charge is 0.252 e. The Labute approximate surface area is 539 Å². The van der Waals surface area contributed by atoms with Gasteiger partial charge in [0.25, 0.3) is 6.71 Å². The number of benzene rings is 10. The number of rotatable bonds is 8. The van der Waals surface area contributed by atoms with Crippen LogP contribution in [0, 0.1) is 6.92 Å². The third-order valence-electron chi connectivity index (χ3n) is 21.4. The van der Waals surface area contributed by atoms with Crippen LogP contribution in [0.4, 0.5) is 45.5 Å². The first-order valence-electron chi connectivity index (χ1n) is 33.3. The van der Waals surface area contributed by atoms with Gasteiger partial charge < -0.3 is 14.7 Å². The molecule has 10 aromatic rings. The summed E-state index contributed by atoms with van der Waals surface area (Å²) in [5.41, 5.74) is 30.5. The Morgan fingerprint density at radius 3 is 1.43 bits per heavy atom. The summed E-state index contributed by atoms with van der Waals surface area (Å²) >= 11 is 0. The van der Waals surface area contributed by atoms with E-state index >= 15 is 0 Å². The molecule has 4 heteroatoms. The maximum absolute atomic E-state index is 2.81. The molecule has 3 heterocycles. The number of hydrogen-bond acceptors (Lipinski definition) is 3. The van der Waals surface area contributed by atoms with Crippen LogP contribution in [-0.2, 0) is 27.1 Å². The number of hydrogen-bond donors (Lipinski definition) is 0. The molecule has 3 aliphatic heterocycles. The van der Waals surface area contributed by atoms with Crippen molar-refractivity contribution in [2.45, 2.75) is 168 Å². The second-order valence-electron chi connectivity index (χ2n) is 31.5. The zero-order valence-electron chi connectivity index (χ0n) is 56.1. The Kier molecular flexibility index (Phi) is 14.1. The molecular weight excluding hydrogens is 1090 g/mol. The quantitative estimate of drug-likeness (QED) is 0.111. The molecule has 0 aromatic heterocycles. The van der Waals surface area contributed by atoms with Gasteiger partial charge in [-0.2, -0.15) is 0 Å². The van der Waals surface area contributed by atoms with Crippen LogP contribution in [0.15, 0.2) is 218 Å². The molecule has 90 heavy (non-hydrogen) atoms. The summed E-state index contributed by atoms with van der Waals surface area (Å²) in [7, 11) is 0. The van der Waals surface area contributed by atoms with E-state index in [1.54, 1.807) is 0 Å². The minimum atomic E-state index is -0.182. The van der Waals surface area contributed by atoms with Gasteiger partial charge in [0.2, 0.25) is 0 Å². The molecule has 1 saturated carbocycles. The molecule has 0 N–H and O–H groups in total. The van der Waals surface area contributed by atoms with Crippen molar-refractivity contribution in [2.24, 2.45) is 0 Å². The Hall–Kier alpha value is -8.34. The van der Waals surface area contributed by atoms with Crippen LogP contribution in [-0.4, -0.2) is 12.3 Å². The first-order valence-corrected chi connectivity index (χ1v) is 33.3. The molecule has 0 amide bonds. The van der Waals surface area contributed by atoms with E-state index in [4.69, 9.17) is 0 Å². The predicted octanol–water partition coefficient (Wildman–Crippen LogP) is 21.5. The predicted molar refractivity (Wildman–Crippen MR) is 388 cm³/mol. The van der Waals surface area contributed by atoms with Crippen LogP contribution in [0.5, 0.6) is 0 Å². The molecule has 1 fully saturated rings. The van der Waals surface area contributed by atoms with Crippen LogP contribution >= 0.6 is 0 Å². The summed E-state index contributed by atoms with van der Waals surface area (Å²) in [4.78, 5) is 8.08. The highest BCUT2D eigenvalue weighted by molar-refractivity contribution is 7.00. The maximum atomic E-state index is 2.81. The molecule has 1 aliphatic carbocycles. The highest BCUT2D eigenvalue weighted by Gasteiger charge is 2.58. The zero-order chi connectivity index (χ0) is 63.0. The second kappa shape index (κ2) is 21.4. The Morgan fingerprint density at radius 2 is 0.856 bits per heavy atom. The van der Waals surface area contributed by atoms with Gasteiger partial charge in [0.1, 0.15) is 0 Å². The minimum Gasteiger partial charge on any atom is -0.334 e. The molecular formula is C86H90BN3. The van der Waals surface area contributed by atoms with Gasteiger partial charge in [-0.1, -0.05) is 261 Å². The van der Waals surface area contributed by atoms with Gasteiger partial charge in [0.15, 0.2) is 0 Å². The van der Waals surface area contributed by atoms with Crippen LogP contribution in [0.1, 0.15) is 179 Å². The fourth-order valence-electron chi connectivity index (χ4n) is 16.0. The lowest BCUT2D eigenvalue weighted by Gasteiger charge is -2.50. The van der Waals surface area contributed by atoms with Crippen molar-refractivity contribution in [1.82, 2.24) is 0 Å². The van der Waals surface area contributed by atoms with E-state index in [1.807, 2.05) is 0 Å². The summed E-state index contributed by atoms with van der Waals surface area (Å²) in [5.74, 6) is 0.0760. The zero-order valence-corrected chi connectivity index (χ0v) is 56.1. The molecule has 4 aliphatic rings. The third-order valence-corrected chi connectivity index (χ3v) is 21.4. The summed E-state index contributed by atoms with van der Waals surface area (Å²) in [5, 5.41) is 0. The maximum Gasteiger partial charge on any atom is 0.252 e. The molecule has 0 radical (unpaired) electrons. The monoisotopic (exact) mass is 1180 g/mol. The van der Waals surface area contributed by atoms with Gasteiger partial charge in [-0.15, -0.1) is 0 Å². The van der Waals surface area contributed by atoms with Crippen LogP contribution < -0.4 is 31.1 Å². The SMILES string of the molecule is Cc1cc2c3c(c1)N(c1ccc(C(C)(C)C)cc1-c1ccccc1)c1cc(-c4ccccc4)ccc1B3c1ccc(N3c4ccc(C(c5ccc(C(C)(C)C)cc5)c5ccc(C(C)(C)C)cc5)cc4C4(C)CCCCC34C)cc1N2c1ccc(C(C)(C)C)cc1. The molecule has 0 spiro atoms. The van der Waals surface area contributed by atoms with Crippen molar-refractivity contribution in [2.75, 3.05) is 14.7 Å². The molecule has 2 unspecified atom stereocenters. The van der Waals surface area contributed by atoms with E-state index < -0.39 is 0 Å². The van der Waals surface area contributed by atoms with Gasteiger partial charge in [-0.3, -0.25) is 0 Å². The second-order valence-corrected chi connectivity index (χ2v) is 31.5. The van der Waals surface area contributed by atoms with Gasteiger partial charge in [0.05, 0.1) is 11.2 Å². The first kappa shape index (κ1) is 59.3. The van der Waals surface area contributed by atoms with Crippen molar-refractivity contribution in [3.63, 3.8) is 0 Å². The lowest BCUT2D eigenvalue weighted by Crippen LogP contribution is -2.61. The first-order chi connectivity index (χ1) is 42.8. The summed E-state index contributed by atoms with van der Waals surface area (Å²) in [6.45, 7) is 35.3. The fourth-order valence-corrected chi connectivity index (χ4v) is 16.0. The topological polar surface area (TPSA) is 9.72 Å². The van der Waals surface area contributed by atoms with Crippen LogP contribution in [0.3, 0.4) is 0 Å². The van der Waals surface area contributed by atoms with Crippen molar-refractivity contribution in [3.05, 3.63) is 268 Å². The van der Waals surface area contributed by atoms with E-state index in [-0.39, 0.29) is 45.2 Å². The Morgan fingerprint density at radius 1 is 0.378 bits per heavy atom. The minimum absolute atomic E-state index is 0.000199. The average Bonchev–Trinajstić information content (AvgIpc) is 1.17. The van der Waals surface area contributed by atoms with E-state index in [1.165, 1.54) is 147 Å². The summed E-state index contributed by atoms with van der Waals surface area (Å²) < 4.78 is 0. The number of anilines is 8. The van der Waals surface area contributed by atoms with Crippen LogP contribution in [0.2, 0.25) is 0 Å². The van der Waals surface area contributed by atoms with E-state index in [9.17, 15) is 0 Å². The fraction of sp³-hybridized carbons (Fsp3) is 0.302. The molecule has 10 aromatic carbocycles.